The summed E-state index contributed by atoms with van der Waals surface area (Å²) in [5, 5.41) is 9.79. The second-order valence-electron chi connectivity index (χ2n) is 5.76. The van der Waals surface area contributed by atoms with E-state index in [0.29, 0.717) is 12.4 Å². The lowest BCUT2D eigenvalue weighted by molar-refractivity contribution is 0.00480. The summed E-state index contributed by atoms with van der Waals surface area (Å²) in [4.78, 5) is 6.50. The van der Waals surface area contributed by atoms with Gasteiger partial charge in [-0.15, -0.1) is 0 Å². The van der Waals surface area contributed by atoms with Crippen LogP contribution in [0.15, 0.2) is 18.3 Å². The molecule has 3 N–H and O–H groups in total. The number of methoxy groups -OCH3 is 1. The average Bonchev–Trinajstić information content (AvgIpc) is 2.48. The molecule has 1 aliphatic rings. The van der Waals surface area contributed by atoms with Crippen molar-refractivity contribution in [3.8, 4) is 0 Å². The molecule has 1 aliphatic heterocycles. The summed E-state index contributed by atoms with van der Waals surface area (Å²) < 4.78 is 5.18. The fraction of sp³-hybridized carbons (Fsp3) is 0.667. The van der Waals surface area contributed by atoms with Crippen LogP contribution in [0, 0.1) is 5.41 Å². The molecule has 0 bridgehead atoms. The third-order valence-corrected chi connectivity index (χ3v) is 4.23. The first kappa shape index (κ1) is 15.2. The lowest BCUT2D eigenvalue weighted by Gasteiger charge is -2.42. The molecule has 0 amide bonds. The molecule has 2 rings (SSSR count). The molecule has 1 aromatic rings. The zero-order valence-corrected chi connectivity index (χ0v) is 12.2. The zero-order valence-electron chi connectivity index (χ0n) is 12.2. The van der Waals surface area contributed by atoms with Crippen molar-refractivity contribution in [2.24, 2.45) is 5.41 Å². The molecule has 2 heterocycles. The van der Waals surface area contributed by atoms with Crippen LogP contribution in [0.3, 0.4) is 0 Å². The smallest absolute Gasteiger partial charge is 0.127 e. The van der Waals surface area contributed by atoms with Gasteiger partial charge in [0, 0.05) is 44.0 Å². The molecular weight excluding hydrogens is 254 g/mol. The maximum Gasteiger partial charge on any atom is 0.127 e. The van der Waals surface area contributed by atoms with E-state index in [1.807, 2.05) is 12.1 Å². The number of anilines is 1. The van der Waals surface area contributed by atoms with E-state index in [-0.39, 0.29) is 12.0 Å². The summed E-state index contributed by atoms with van der Waals surface area (Å²) in [5.41, 5.74) is 6.94. The Morgan fingerprint density at radius 3 is 3.10 bits per heavy atom. The van der Waals surface area contributed by atoms with Crippen molar-refractivity contribution in [2.45, 2.75) is 25.8 Å². The van der Waals surface area contributed by atoms with E-state index in [1.165, 1.54) is 0 Å². The van der Waals surface area contributed by atoms with Crippen LogP contribution in [0.5, 0.6) is 0 Å². The van der Waals surface area contributed by atoms with Gasteiger partial charge in [0.2, 0.25) is 0 Å². The highest BCUT2D eigenvalue weighted by molar-refractivity contribution is 5.38. The molecule has 1 aromatic heterocycles. The molecule has 5 nitrogen and oxygen atoms in total. The standard InChI is InChI=1S/C15H25N3O2/c1-20-9-6-15(12-19)5-3-8-18(11-15)10-13-4-2-7-17-14(13)16/h2,4,7,19H,3,5-6,8-12H2,1H3,(H2,16,17). The monoisotopic (exact) mass is 279 g/mol. The minimum absolute atomic E-state index is 0.0365. The molecule has 0 spiro atoms. The summed E-state index contributed by atoms with van der Waals surface area (Å²) in [6.07, 6.45) is 4.78. The molecule has 20 heavy (non-hydrogen) atoms. The van der Waals surface area contributed by atoms with Crippen molar-refractivity contribution in [1.29, 1.82) is 0 Å². The summed E-state index contributed by atoms with van der Waals surface area (Å²) >= 11 is 0. The fourth-order valence-electron chi connectivity index (χ4n) is 3.00. The van der Waals surface area contributed by atoms with Crippen molar-refractivity contribution in [2.75, 3.05) is 39.1 Å². The summed E-state index contributed by atoms with van der Waals surface area (Å²) in [6.45, 7) is 3.65. The first-order valence-electron chi connectivity index (χ1n) is 7.21. The predicted octanol–water partition coefficient (Wildman–Crippen LogP) is 1.27. The number of rotatable bonds is 6. The molecule has 1 fully saturated rings. The van der Waals surface area contributed by atoms with Gasteiger partial charge < -0.3 is 15.6 Å². The predicted molar refractivity (Wildman–Crippen MR) is 79.2 cm³/mol. The Bertz CT molecular complexity index is 427. The molecule has 112 valence electrons. The van der Waals surface area contributed by atoms with Gasteiger partial charge in [0.1, 0.15) is 5.82 Å². The van der Waals surface area contributed by atoms with Crippen molar-refractivity contribution < 1.29 is 9.84 Å². The number of likely N-dealkylation sites (tertiary alicyclic amines) is 1. The maximum absolute atomic E-state index is 9.79. The molecule has 0 aliphatic carbocycles. The van der Waals surface area contributed by atoms with E-state index in [2.05, 4.69) is 9.88 Å². The zero-order chi connectivity index (χ0) is 14.4. The maximum atomic E-state index is 9.79. The lowest BCUT2D eigenvalue weighted by atomic mass is 9.78. The van der Waals surface area contributed by atoms with E-state index in [9.17, 15) is 5.11 Å². The number of pyridine rings is 1. The molecular formula is C15H25N3O2. The van der Waals surface area contributed by atoms with Crippen molar-refractivity contribution >= 4 is 5.82 Å². The number of aromatic nitrogens is 1. The molecule has 1 atom stereocenters. The number of nitrogens with two attached hydrogens (primary N) is 1. The Morgan fingerprint density at radius 1 is 1.55 bits per heavy atom. The largest absolute Gasteiger partial charge is 0.396 e. The minimum atomic E-state index is -0.0365. The Balaban J connectivity index is 2.01. The van der Waals surface area contributed by atoms with Crippen molar-refractivity contribution in [3.05, 3.63) is 23.9 Å². The molecule has 1 unspecified atom stereocenters. The second-order valence-corrected chi connectivity index (χ2v) is 5.76. The normalized spacial score (nSPS) is 23.9. The molecule has 0 aromatic carbocycles. The van der Waals surface area contributed by atoms with E-state index in [1.54, 1.807) is 13.3 Å². The van der Waals surface area contributed by atoms with Crippen LogP contribution in [0.25, 0.3) is 0 Å². The van der Waals surface area contributed by atoms with Crippen LogP contribution in [0.2, 0.25) is 0 Å². The third kappa shape index (κ3) is 3.69. The topological polar surface area (TPSA) is 71.6 Å². The van der Waals surface area contributed by atoms with Crippen LogP contribution in [-0.2, 0) is 11.3 Å². The highest BCUT2D eigenvalue weighted by atomic mass is 16.5. The van der Waals surface area contributed by atoms with Gasteiger partial charge >= 0.3 is 0 Å². The second kappa shape index (κ2) is 7.02. The number of aliphatic hydroxyl groups is 1. The summed E-state index contributed by atoms with van der Waals surface area (Å²) in [5.74, 6) is 0.601. The number of nitrogen functional groups attached to an aromatic ring is 1. The molecule has 0 radical (unpaired) electrons. The van der Waals surface area contributed by atoms with Crippen LogP contribution in [-0.4, -0.2) is 48.4 Å². The molecule has 5 heteroatoms. The minimum Gasteiger partial charge on any atom is -0.396 e. The van der Waals surface area contributed by atoms with Gasteiger partial charge in [0.05, 0.1) is 6.61 Å². The third-order valence-electron chi connectivity index (χ3n) is 4.23. The first-order chi connectivity index (χ1) is 9.69. The van der Waals surface area contributed by atoms with Crippen LogP contribution in [0.1, 0.15) is 24.8 Å². The Hall–Kier alpha value is -1.17. The number of hydrogen-bond acceptors (Lipinski definition) is 5. The fourth-order valence-corrected chi connectivity index (χ4v) is 3.00. The molecule has 1 saturated heterocycles. The lowest BCUT2D eigenvalue weighted by Crippen LogP contribution is -2.45. The van der Waals surface area contributed by atoms with Crippen LogP contribution < -0.4 is 5.73 Å². The number of hydrogen-bond donors (Lipinski definition) is 2. The van der Waals surface area contributed by atoms with Gasteiger partial charge in [-0.1, -0.05) is 6.07 Å². The SMILES string of the molecule is COCCC1(CO)CCCN(Cc2cccnc2N)C1. The van der Waals surface area contributed by atoms with Crippen LogP contribution in [0.4, 0.5) is 5.82 Å². The van der Waals surface area contributed by atoms with E-state index in [4.69, 9.17) is 10.5 Å². The quantitative estimate of drug-likeness (QED) is 0.820. The Labute approximate surface area is 120 Å². The number of aliphatic hydroxyl groups excluding tert-OH is 1. The summed E-state index contributed by atoms with van der Waals surface area (Å²) in [7, 11) is 1.71. The van der Waals surface area contributed by atoms with E-state index >= 15 is 0 Å². The average molecular weight is 279 g/mol. The van der Waals surface area contributed by atoms with Crippen molar-refractivity contribution in [3.63, 3.8) is 0 Å². The van der Waals surface area contributed by atoms with Gasteiger partial charge in [0.15, 0.2) is 0 Å². The summed E-state index contributed by atoms with van der Waals surface area (Å²) in [6, 6.07) is 3.94. The van der Waals surface area contributed by atoms with E-state index < -0.39 is 0 Å². The highest BCUT2D eigenvalue weighted by Crippen LogP contribution is 2.33. The van der Waals surface area contributed by atoms with Gasteiger partial charge in [-0.25, -0.2) is 4.98 Å². The van der Waals surface area contributed by atoms with Crippen LogP contribution >= 0.6 is 0 Å². The highest BCUT2D eigenvalue weighted by Gasteiger charge is 2.34. The number of ether oxygens (including phenoxy) is 1. The van der Waals surface area contributed by atoms with Gasteiger partial charge in [-0.3, -0.25) is 4.90 Å². The van der Waals surface area contributed by atoms with Gasteiger partial charge in [-0.05, 0) is 31.9 Å². The first-order valence-corrected chi connectivity index (χ1v) is 7.21. The van der Waals surface area contributed by atoms with Crippen molar-refractivity contribution in [1.82, 2.24) is 9.88 Å². The Kier molecular flexibility index (Phi) is 5.34. The Morgan fingerprint density at radius 2 is 2.40 bits per heavy atom. The molecule has 0 saturated carbocycles. The van der Waals surface area contributed by atoms with E-state index in [0.717, 1.165) is 44.5 Å². The number of nitrogens with zero attached hydrogens (tertiary/aromatic N) is 2. The number of piperidine rings is 1. The van der Waals surface area contributed by atoms with Gasteiger partial charge in [-0.2, -0.15) is 0 Å². The van der Waals surface area contributed by atoms with Gasteiger partial charge in [0.25, 0.3) is 0 Å².